The van der Waals surface area contributed by atoms with Crippen LogP contribution in [-0.2, 0) is 13.0 Å². The van der Waals surface area contributed by atoms with Gasteiger partial charge in [0.25, 0.3) is 0 Å². The highest BCUT2D eigenvalue weighted by molar-refractivity contribution is 5.64. The molecule has 0 radical (unpaired) electrons. The molecule has 1 nitrogen and oxygen atoms in total. The molecular formula is C19H24FN. The zero-order valence-corrected chi connectivity index (χ0v) is 13.1. The molecule has 0 aromatic heterocycles. The van der Waals surface area contributed by atoms with E-state index in [2.05, 4.69) is 38.2 Å². The molecule has 112 valence electrons. The first-order valence-corrected chi connectivity index (χ1v) is 7.71. The van der Waals surface area contributed by atoms with Crippen molar-refractivity contribution in [2.45, 2.75) is 46.2 Å². The van der Waals surface area contributed by atoms with Crippen LogP contribution in [0.25, 0.3) is 11.1 Å². The zero-order valence-electron chi connectivity index (χ0n) is 13.1. The van der Waals surface area contributed by atoms with Crippen molar-refractivity contribution < 1.29 is 4.39 Å². The van der Waals surface area contributed by atoms with Crippen molar-refractivity contribution in [2.24, 2.45) is 0 Å². The average Bonchev–Trinajstić information content (AvgIpc) is 2.47. The molecule has 2 aromatic rings. The van der Waals surface area contributed by atoms with Crippen molar-refractivity contribution in [3.8, 4) is 11.1 Å². The Morgan fingerprint density at radius 2 is 1.67 bits per heavy atom. The van der Waals surface area contributed by atoms with Crippen molar-refractivity contribution in [3.05, 3.63) is 59.4 Å². The fourth-order valence-electron chi connectivity index (χ4n) is 2.36. The van der Waals surface area contributed by atoms with Crippen molar-refractivity contribution in [2.75, 3.05) is 0 Å². The number of nitrogens with one attached hydrogen (secondary N) is 1. The lowest BCUT2D eigenvalue weighted by Crippen LogP contribution is -2.21. The summed E-state index contributed by atoms with van der Waals surface area (Å²) in [7, 11) is 0. The van der Waals surface area contributed by atoms with Crippen LogP contribution in [0.2, 0.25) is 0 Å². The number of rotatable bonds is 6. The molecule has 0 aliphatic rings. The van der Waals surface area contributed by atoms with Gasteiger partial charge in [0, 0.05) is 18.2 Å². The number of aryl methyl sites for hydroxylation is 1. The summed E-state index contributed by atoms with van der Waals surface area (Å²) in [6, 6.07) is 14.1. The summed E-state index contributed by atoms with van der Waals surface area (Å²) in [5, 5.41) is 3.30. The first-order valence-electron chi connectivity index (χ1n) is 7.71. The molecule has 0 unspecified atom stereocenters. The Kier molecular flexibility index (Phi) is 5.51. The van der Waals surface area contributed by atoms with E-state index in [4.69, 9.17) is 0 Å². The van der Waals surface area contributed by atoms with Crippen molar-refractivity contribution in [1.82, 2.24) is 5.32 Å². The predicted octanol–water partition coefficient (Wildman–Crippen LogP) is 4.94. The fourth-order valence-corrected chi connectivity index (χ4v) is 2.36. The molecule has 0 amide bonds. The maximum atomic E-state index is 14.3. The molecular weight excluding hydrogens is 261 g/mol. The topological polar surface area (TPSA) is 12.0 Å². The summed E-state index contributed by atoms with van der Waals surface area (Å²) in [4.78, 5) is 0. The van der Waals surface area contributed by atoms with E-state index in [1.807, 2.05) is 24.3 Å². The van der Waals surface area contributed by atoms with E-state index in [1.165, 1.54) is 5.56 Å². The third kappa shape index (κ3) is 4.40. The van der Waals surface area contributed by atoms with Crippen molar-refractivity contribution in [3.63, 3.8) is 0 Å². The van der Waals surface area contributed by atoms with Gasteiger partial charge in [-0.15, -0.1) is 0 Å². The second kappa shape index (κ2) is 7.37. The third-order valence-electron chi connectivity index (χ3n) is 3.55. The van der Waals surface area contributed by atoms with Crippen molar-refractivity contribution in [1.29, 1.82) is 0 Å². The summed E-state index contributed by atoms with van der Waals surface area (Å²) in [6.07, 6.45) is 2.20. The van der Waals surface area contributed by atoms with Crippen LogP contribution in [0.1, 0.15) is 38.3 Å². The van der Waals surface area contributed by atoms with Crippen LogP contribution in [0.3, 0.4) is 0 Å². The summed E-state index contributed by atoms with van der Waals surface area (Å²) in [6.45, 7) is 7.03. The van der Waals surface area contributed by atoms with E-state index in [-0.39, 0.29) is 5.82 Å². The monoisotopic (exact) mass is 285 g/mol. The third-order valence-corrected chi connectivity index (χ3v) is 3.55. The van der Waals surface area contributed by atoms with Crippen LogP contribution in [-0.4, -0.2) is 6.04 Å². The SMILES string of the molecule is CCCc1ccc(-c2ccc(CNC(C)C)cc2F)cc1. The normalized spacial score (nSPS) is 11.1. The maximum Gasteiger partial charge on any atom is 0.131 e. The Morgan fingerprint density at radius 3 is 2.24 bits per heavy atom. The van der Waals surface area contributed by atoms with E-state index < -0.39 is 0 Å². The lowest BCUT2D eigenvalue weighted by Gasteiger charge is -2.10. The molecule has 2 aromatic carbocycles. The Balaban J connectivity index is 2.16. The molecule has 1 N–H and O–H groups in total. The molecule has 2 rings (SSSR count). The van der Waals surface area contributed by atoms with E-state index in [1.54, 1.807) is 6.07 Å². The van der Waals surface area contributed by atoms with Crippen molar-refractivity contribution >= 4 is 0 Å². The minimum atomic E-state index is -0.152. The van der Waals surface area contributed by atoms with Crippen LogP contribution in [0.4, 0.5) is 4.39 Å². The van der Waals surface area contributed by atoms with Gasteiger partial charge < -0.3 is 5.32 Å². The molecule has 0 aliphatic heterocycles. The van der Waals surface area contributed by atoms with Gasteiger partial charge in [0.1, 0.15) is 5.82 Å². The van der Waals surface area contributed by atoms with Gasteiger partial charge in [-0.05, 0) is 29.2 Å². The summed E-state index contributed by atoms with van der Waals surface area (Å²) in [5.41, 5.74) is 3.90. The number of hydrogen-bond donors (Lipinski definition) is 1. The number of benzene rings is 2. The van der Waals surface area contributed by atoms with Gasteiger partial charge in [-0.1, -0.05) is 63.6 Å². The predicted molar refractivity (Wildman–Crippen MR) is 87.8 cm³/mol. The van der Waals surface area contributed by atoms with Gasteiger partial charge in [-0.3, -0.25) is 0 Å². The zero-order chi connectivity index (χ0) is 15.2. The first-order chi connectivity index (χ1) is 10.1. The molecule has 0 saturated carbocycles. The molecule has 0 atom stereocenters. The lowest BCUT2D eigenvalue weighted by atomic mass is 10.0. The van der Waals surface area contributed by atoms with Crippen LogP contribution >= 0.6 is 0 Å². The Bertz CT molecular complexity index is 573. The molecule has 0 spiro atoms. The minimum absolute atomic E-state index is 0.152. The summed E-state index contributed by atoms with van der Waals surface area (Å²) >= 11 is 0. The Hall–Kier alpha value is -1.67. The average molecular weight is 285 g/mol. The molecule has 0 fully saturated rings. The van der Waals surface area contributed by atoms with E-state index in [0.29, 0.717) is 18.2 Å². The molecule has 21 heavy (non-hydrogen) atoms. The largest absolute Gasteiger partial charge is 0.310 e. The van der Waals surface area contributed by atoms with Crippen LogP contribution in [0.5, 0.6) is 0 Å². The highest BCUT2D eigenvalue weighted by Gasteiger charge is 2.06. The van der Waals surface area contributed by atoms with E-state index >= 15 is 0 Å². The number of halogens is 1. The van der Waals surface area contributed by atoms with Gasteiger partial charge in [-0.25, -0.2) is 4.39 Å². The first kappa shape index (κ1) is 15.7. The van der Waals surface area contributed by atoms with Gasteiger partial charge in [-0.2, -0.15) is 0 Å². The molecule has 0 heterocycles. The Labute approximate surface area is 127 Å². The van der Waals surface area contributed by atoms with Gasteiger partial charge in [0.05, 0.1) is 0 Å². The summed E-state index contributed by atoms with van der Waals surface area (Å²) < 4.78 is 14.3. The molecule has 0 saturated heterocycles. The molecule has 0 bridgehead atoms. The van der Waals surface area contributed by atoms with E-state index in [0.717, 1.165) is 24.0 Å². The van der Waals surface area contributed by atoms with Crippen LogP contribution in [0, 0.1) is 5.82 Å². The van der Waals surface area contributed by atoms with Gasteiger partial charge in [0.15, 0.2) is 0 Å². The quantitative estimate of drug-likeness (QED) is 0.792. The van der Waals surface area contributed by atoms with Gasteiger partial charge >= 0.3 is 0 Å². The highest BCUT2D eigenvalue weighted by atomic mass is 19.1. The highest BCUT2D eigenvalue weighted by Crippen LogP contribution is 2.24. The molecule has 0 aliphatic carbocycles. The maximum absolute atomic E-state index is 14.3. The number of hydrogen-bond acceptors (Lipinski definition) is 1. The second-order valence-corrected chi connectivity index (χ2v) is 5.80. The fraction of sp³-hybridized carbons (Fsp3) is 0.368. The van der Waals surface area contributed by atoms with Gasteiger partial charge in [0.2, 0.25) is 0 Å². The minimum Gasteiger partial charge on any atom is -0.310 e. The molecule has 2 heteroatoms. The summed E-state index contributed by atoms with van der Waals surface area (Å²) in [5.74, 6) is -0.152. The smallest absolute Gasteiger partial charge is 0.131 e. The van der Waals surface area contributed by atoms with Crippen LogP contribution in [0.15, 0.2) is 42.5 Å². The lowest BCUT2D eigenvalue weighted by molar-refractivity contribution is 0.582. The second-order valence-electron chi connectivity index (χ2n) is 5.80. The Morgan fingerprint density at radius 1 is 1.00 bits per heavy atom. The van der Waals surface area contributed by atoms with E-state index in [9.17, 15) is 4.39 Å². The standard InChI is InChI=1S/C19H24FN/c1-4-5-15-6-9-17(10-7-15)18-11-8-16(12-19(18)20)13-21-14(2)3/h6-12,14,21H,4-5,13H2,1-3H3. The van der Waals surface area contributed by atoms with Crippen LogP contribution < -0.4 is 5.32 Å².